The third-order valence-corrected chi connectivity index (χ3v) is 7.33. The largest absolute Gasteiger partial charge is 0.468 e. The first-order valence-corrected chi connectivity index (χ1v) is 12.1. The van der Waals surface area contributed by atoms with Crippen LogP contribution in [0.2, 0.25) is 0 Å². The number of H-pyrrole nitrogens is 1. The molecule has 5 rings (SSSR count). The molecule has 1 saturated heterocycles. The number of hydrogen-bond donors (Lipinski definition) is 1. The SMILES string of the molecule is CCc1c([C@@H](C2=CC(OCOC)=CC=CC2)N2CC(=O)N(C)CC2=O)[nH]c2c1=CCC1CC1C=2. The van der Waals surface area contributed by atoms with E-state index in [1.807, 2.05) is 18.2 Å². The molecule has 1 aliphatic heterocycles. The fraction of sp³-hybridized carbons (Fsp3) is 0.481. The predicted octanol–water partition coefficient (Wildman–Crippen LogP) is 1.91. The van der Waals surface area contributed by atoms with Gasteiger partial charge in [-0.1, -0.05) is 31.2 Å². The van der Waals surface area contributed by atoms with E-state index in [0.29, 0.717) is 18.1 Å². The van der Waals surface area contributed by atoms with Gasteiger partial charge in [-0.05, 0) is 66.0 Å². The van der Waals surface area contributed by atoms with E-state index in [9.17, 15) is 9.59 Å². The molecule has 4 aliphatic rings. The van der Waals surface area contributed by atoms with Crippen LogP contribution in [0.25, 0.3) is 12.2 Å². The molecule has 1 saturated carbocycles. The van der Waals surface area contributed by atoms with Crippen LogP contribution in [0.5, 0.6) is 0 Å². The van der Waals surface area contributed by atoms with Gasteiger partial charge in [-0.3, -0.25) is 9.59 Å². The number of allylic oxidation sites excluding steroid dienone is 4. The minimum atomic E-state index is -0.374. The summed E-state index contributed by atoms with van der Waals surface area (Å²) in [6.07, 6.45) is 16.5. The van der Waals surface area contributed by atoms with E-state index in [0.717, 1.165) is 35.4 Å². The predicted molar refractivity (Wildman–Crippen MR) is 130 cm³/mol. The van der Waals surface area contributed by atoms with Crippen LogP contribution in [0.1, 0.15) is 43.5 Å². The van der Waals surface area contributed by atoms with E-state index in [1.165, 1.54) is 22.1 Å². The monoisotopic (exact) mass is 463 g/mol. The maximum Gasteiger partial charge on any atom is 0.243 e. The standard InChI is InChI=1S/C27H33N3O4/c1-4-21-22-10-9-17-11-19(17)13-23(22)28-26(21)27(30-15-24(31)29(2)14-25(30)32)18-7-5-6-8-20(12-18)34-16-33-3/h5-6,8,10,12-13,17,19,27-28H,4,7,9,11,14-16H2,1-3H3/t17?,19?,27-/m1/s1. The second-order valence-electron chi connectivity index (χ2n) is 9.61. The number of fused-ring (bicyclic) bond motifs is 2. The summed E-state index contributed by atoms with van der Waals surface area (Å²) in [4.78, 5) is 33.0. The molecule has 2 amide bonds. The van der Waals surface area contributed by atoms with Crippen LogP contribution in [0.15, 0.2) is 35.6 Å². The molecule has 7 nitrogen and oxygen atoms in total. The summed E-state index contributed by atoms with van der Waals surface area (Å²) < 4.78 is 10.9. The zero-order chi connectivity index (χ0) is 23.8. The van der Waals surface area contributed by atoms with Crippen molar-refractivity contribution in [1.82, 2.24) is 14.8 Å². The van der Waals surface area contributed by atoms with Gasteiger partial charge in [0, 0.05) is 25.2 Å². The Bertz CT molecular complexity index is 1210. The van der Waals surface area contributed by atoms with E-state index in [-0.39, 0.29) is 37.7 Å². The number of aromatic amines is 1. The Balaban J connectivity index is 1.64. The van der Waals surface area contributed by atoms with Crippen LogP contribution < -0.4 is 10.6 Å². The Labute approximate surface area is 200 Å². The van der Waals surface area contributed by atoms with Crippen LogP contribution in [0, 0.1) is 11.8 Å². The maximum absolute atomic E-state index is 13.3. The first-order valence-electron chi connectivity index (χ1n) is 12.1. The third kappa shape index (κ3) is 4.25. The zero-order valence-corrected chi connectivity index (χ0v) is 20.2. The van der Waals surface area contributed by atoms with E-state index < -0.39 is 0 Å². The van der Waals surface area contributed by atoms with Crippen molar-refractivity contribution in [3.63, 3.8) is 0 Å². The fourth-order valence-corrected chi connectivity index (χ4v) is 5.38. The molecule has 1 N–H and O–H groups in total. The van der Waals surface area contributed by atoms with Gasteiger partial charge >= 0.3 is 0 Å². The normalized spacial score (nSPS) is 24.7. The van der Waals surface area contributed by atoms with Crippen molar-refractivity contribution in [1.29, 1.82) is 0 Å². The Kier molecular flexibility index (Phi) is 6.21. The molecule has 0 radical (unpaired) electrons. The molecular weight excluding hydrogens is 430 g/mol. The first kappa shape index (κ1) is 22.7. The number of amides is 2. The molecule has 34 heavy (non-hydrogen) atoms. The Morgan fingerprint density at radius 3 is 2.88 bits per heavy atom. The van der Waals surface area contributed by atoms with Crippen molar-refractivity contribution in [2.45, 2.75) is 38.6 Å². The maximum atomic E-state index is 13.3. The molecule has 2 unspecified atom stereocenters. The molecule has 2 heterocycles. The zero-order valence-electron chi connectivity index (χ0n) is 20.2. The van der Waals surface area contributed by atoms with Gasteiger partial charge in [-0.15, -0.1) is 0 Å². The fourth-order valence-electron chi connectivity index (χ4n) is 5.38. The van der Waals surface area contributed by atoms with Crippen LogP contribution in [-0.4, -0.2) is 60.6 Å². The quantitative estimate of drug-likeness (QED) is 0.627. The van der Waals surface area contributed by atoms with Crippen molar-refractivity contribution in [2.24, 2.45) is 11.8 Å². The summed E-state index contributed by atoms with van der Waals surface area (Å²) in [7, 11) is 3.27. The van der Waals surface area contributed by atoms with Crippen molar-refractivity contribution < 1.29 is 19.1 Å². The number of carbonyl (C=O) groups excluding carboxylic acids is 2. The third-order valence-electron chi connectivity index (χ3n) is 7.33. The number of piperazine rings is 1. The van der Waals surface area contributed by atoms with E-state index >= 15 is 0 Å². The molecule has 3 aliphatic carbocycles. The molecule has 1 aromatic heterocycles. The summed E-state index contributed by atoms with van der Waals surface area (Å²) in [6, 6.07) is -0.374. The number of likely N-dealkylation sites (N-methyl/N-ethyl adjacent to an activating group) is 1. The van der Waals surface area contributed by atoms with Gasteiger partial charge in [0.1, 0.15) is 12.3 Å². The van der Waals surface area contributed by atoms with Gasteiger partial charge in [0.25, 0.3) is 0 Å². The van der Waals surface area contributed by atoms with Gasteiger partial charge in [0.15, 0.2) is 6.79 Å². The molecule has 2 fully saturated rings. The number of methoxy groups -OCH3 is 1. The van der Waals surface area contributed by atoms with Gasteiger partial charge in [0.2, 0.25) is 11.8 Å². The number of aromatic nitrogens is 1. The van der Waals surface area contributed by atoms with Crippen LogP contribution in [0.3, 0.4) is 0 Å². The summed E-state index contributed by atoms with van der Waals surface area (Å²) in [6.45, 7) is 2.45. The molecule has 0 spiro atoms. The summed E-state index contributed by atoms with van der Waals surface area (Å²) in [5.74, 6) is 1.98. The minimum Gasteiger partial charge on any atom is -0.468 e. The van der Waals surface area contributed by atoms with Crippen LogP contribution >= 0.6 is 0 Å². The highest BCUT2D eigenvalue weighted by atomic mass is 16.7. The Hall–Kier alpha value is -3.06. The van der Waals surface area contributed by atoms with E-state index in [2.05, 4.69) is 30.1 Å². The lowest BCUT2D eigenvalue weighted by molar-refractivity contribution is -0.150. The molecule has 180 valence electrons. The van der Waals surface area contributed by atoms with Gasteiger partial charge in [0.05, 0.1) is 12.6 Å². The average molecular weight is 464 g/mol. The Morgan fingerprint density at radius 1 is 1.24 bits per heavy atom. The van der Waals surface area contributed by atoms with Gasteiger partial charge in [-0.25, -0.2) is 0 Å². The average Bonchev–Trinajstić information content (AvgIpc) is 3.55. The van der Waals surface area contributed by atoms with E-state index in [4.69, 9.17) is 9.47 Å². The lowest BCUT2D eigenvalue weighted by Gasteiger charge is -2.38. The minimum absolute atomic E-state index is 0.0494. The number of carbonyl (C=O) groups is 2. The highest BCUT2D eigenvalue weighted by molar-refractivity contribution is 5.92. The number of rotatable bonds is 7. The van der Waals surface area contributed by atoms with E-state index in [1.54, 1.807) is 19.1 Å². The second-order valence-corrected chi connectivity index (χ2v) is 9.61. The summed E-state index contributed by atoms with van der Waals surface area (Å²) >= 11 is 0. The molecule has 7 heteroatoms. The molecule has 0 aromatic carbocycles. The molecule has 3 atom stereocenters. The first-order chi connectivity index (χ1) is 16.5. The van der Waals surface area contributed by atoms with Crippen LogP contribution in [-0.2, 0) is 25.5 Å². The van der Waals surface area contributed by atoms with Crippen molar-refractivity contribution in [2.75, 3.05) is 34.0 Å². The number of hydrogen-bond acceptors (Lipinski definition) is 4. The van der Waals surface area contributed by atoms with Crippen molar-refractivity contribution >= 4 is 24.0 Å². The van der Waals surface area contributed by atoms with Crippen molar-refractivity contribution in [3.8, 4) is 0 Å². The molecule has 1 aromatic rings. The number of nitrogens with zero attached hydrogens (tertiary/aromatic N) is 2. The Morgan fingerprint density at radius 2 is 2.09 bits per heavy atom. The highest BCUT2D eigenvalue weighted by Crippen LogP contribution is 2.43. The highest BCUT2D eigenvalue weighted by Gasteiger charge is 2.38. The summed E-state index contributed by atoms with van der Waals surface area (Å²) in [5, 5.41) is 2.42. The second kappa shape index (κ2) is 9.29. The lowest BCUT2D eigenvalue weighted by Crippen LogP contribution is -2.53. The van der Waals surface area contributed by atoms with Crippen molar-refractivity contribution in [3.05, 3.63) is 57.5 Å². The lowest BCUT2D eigenvalue weighted by atomic mass is 9.93. The number of nitrogens with one attached hydrogen (secondary N) is 1. The topological polar surface area (TPSA) is 74.9 Å². The van der Waals surface area contributed by atoms with Gasteiger partial charge in [-0.2, -0.15) is 0 Å². The number of ether oxygens (including phenoxy) is 2. The smallest absolute Gasteiger partial charge is 0.243 e. The molecular formula is C27H33N3O4. The summed E-state index contributed by atoms with van der Waals surface area (Å²) in [5.41, 5.74) is 3.25. The molecule has 0 bridgehead atoms. The van der Waals surface area contributed by atoms with Gasteiger partial charge < -0.3 is 24.3 Å². The van der Waals surface area contributed by atoms with Crippen LogP contribution in [0.4, 0.5) is 0 Å².